The van der Waals surface area contributed by atoms with Crippen molar-refractivity contribution in [1.29, 1.82) is 0 Å². The van der Waals surface area contributed by atoms with Crippen LogP contribution in [-0.4, -0.2) is 21.0 Å². The molecule has 0 saturated heterocycles. The Hall–Kier alpha value is -2.73. The maximum absolute atomic E-state index is 11.3. The molecule has 21 heavy (non-hydrogen) atoms. The molecule has 0 radical (unpaired) electrons. The van der Waals surface area contributed by atoms with Crippen LogP contribution in [0.15, 0.2) is 56.9 Å². The number of nitrogens with one attached hydrogen (secondary N) is 1. The molecule has 1 aromatic carbocycles. The number of aromatic amines is 1. The normalized spacial score (nSPS) is 11.3. The number of H-pyrrole nitrogens is 1. The fourth-order valence-electron chi connectivity index (χ4n) is 1.77. The quantitative estimate of drug-likeness (QED) is 0.730. The van der Waals surface area contributed by atoms with Crippen molar-refractivity contribution >= 4 is 17.8 Å². The number of imidazole rings is 1. The molecule has 2 aromatic heterocycles. The van der Waals surface area contributed by atoms with E-state index in [2.05, 4.69) is 10.1 Å². The lowest BCUT2D eigenvalue weighted by molar-refractivity contribution is 0.455. The number of hydrogen-bond donors (Lipinski definition) is 2. The highest BCUT2D eigenvalue weighted by molar-refractivity contribution is 6.30. The SMILES string of the molecule is O=c1[nH]c(O)cn1N=Cc1ccc(-c2ccc(Cl)cc2)o1. The summed E-state index contributed by atoms with van der Waals surface area (Å²) < 4.78 is 6.57. The average Bonchev–Trinajstić information content (AvgIpc) is 3.04. The van der Waals surface area contributed by atoms with Crippen molar-refractivity contribution in [2.75, 3.05) is 0 Å². The third kappa shape index (κ3) is 2.90. The van der Waals surface area contributed by atoms with E-state index < -0.39 is 5.69 Å². The number of halogens is 1. The monoisotopic (exact) mass is 303 g/mol. The van der Waals surface area contributed by atoms with Gasteiger partial charge in [0.15, 0.2) is 0 Å². The summed E-state index contributed by atoms with van der Waals surface area (Å²) in [6, 6.07) is 10.8. The predicted octanol–water partition coefficient (Wildman–Crippen LogP) is 2.68. The Morgan fingerprint density at radius 1 is 1.24 bits per heavy atom. The summed E-state index contributed by atoms with van der Waals surface area (Å²) in [5.74, 6) is 0.892. The van der Waals surface area contributed by atoms with Crippen LogP contribution < -0.4 is 5.69 Å². The van der Waals surface area contributed by atoms with Crippen molar-refractivity contribution in [3.05, 3.63) is 63.9 Å². The minimum atomic E-state index is -0.534. The van der Waals surface area contributed by atoms with E-state index in [4.69, 9.17) is 21.1 Å². The van der Waals surface area contributed by atoms with E-state index in [9.17, 15) is 4.79 Å². The summed E-state index contributed by atoms with van der Waals surface area (Å²) in [4.78, 5) is 13.5. The Kier molecular flexibility index (Phi) is 3.37. The summed E-state index contributed by atoms with van der Waals surface area (Å²) >= 11 is 5.83. The zero-order valence-electron chi connectivity index (χ0n) is 10.7. The van der Waals surface area contributed by atoms with E-state index in [1.807, 2.05) is 12.1 Å². The average molecular weight is 304 g/mol. The van der Waals surface area contributed by atoms with Gasteiger partial charge in [-0.25, -0.2) is 4.79 Å². The summed E-state index contributed by atoms with van der Waals surface area (Å²) in [6.45, 7) is 0. The molecular formula is C14H10ClN3O3. The van der Waals surface area contributed by atoms with Gasteiger partial charge in [0.25, 0.3) is 0 Å². The van der Waals surface area contributed by atoms with Crippen molar-refractivity contribution in [3.8, 4) is 17.2 Å². The van der Waals surface area contributed by atoms with Crippen molar-refractivity contribution in [3.63, 3.8) is 0 Å². The third-order valence-corrected chi connectivity index (χ3v) is 3.00. The van der Waals surface area contributed by atoms with E-state index >= 15 is 0 Å². The predicted molar refractivity (Wildman–Crippen MR) is 78.9 cm³/mol. The second-order valence-corrected chi connectivity index (χ2v) is 4.68. The molecule has 106 valence electrons. The zero-order chi connectivity index (χ0) is 14.8. The number of aromatic hydroxyl groups is 1. The summed E-state index contributed by atoms with van der Waals surface area (Å²) in [5.41, 5.74) is 0.351. The molecule has 6 nitrogen and oxygen atoms in total. The highest BCUT2D eigenvalue weighted by Crippen LogP contribution is 2.23. The van der Waals surface area contributed by atoms with E-state index in [0.29, 0.717) is 16.5 Å². The Morgan fingerprint density at radius 2 is 2.00 bits per heavy atom. The summed E-state index contributed by atoms with van der Waals surface area (Å²) in [5, 5.41) is 13.7. The zero-order valence-corrected chi connectivity index (χ0v) is 11.4. The number of nitrogens with zero attached hydrogens (tertiary/aromatic N) is 2. The maximum atomic E-state index is 11.3. The van der Waals surface area contributed by atoms with Crippen LogP contribution in [0.2, 0.25) is 5.02 Å². The summed E-state index contributed by atoms with van der Waals surface area (Å²) in [7, 11) is 0. The topological polar surface area (TPSA) is 83.5 Å². The van der Waals surface area contributed by atoms with Crippen molar-refractivity contribution in [1.82, 2.24) is 9.66 Å². The van der Waals surface area contributed by atoms with Crippen molar-refractivity contribution < 1.29 is 9.52 Å². The summed E-state index contributed by atoms with van der Waals surface area (Å²) in [6.07, 6.45) is 2.55. The van der Waals surface area contributed by atoms with Crippen LogP contribution in [-0.2, 0) is 0 Å². The Bertz CT molecular complexity index is 843. The number of benzene rings is 1. The first kappa shape index (κ1) is 13.3. The van der Waals surface area contributed by atoms with E-state index in [1.54, 1.807) is 24.3 Å². The maximum Gasteiger partial charge on any atom is 0.349 e. The Balaban J connectivity index is 1.83. The molecule has 0 aliphatic heterocycles. The fraction of sp³-hybridized carbons (Fsp3) is 0. The van der Waals surface area contributed by atoms with Crippen LogP contribution in [0.5, 0.6) is 5.88 Å². The minimum absolute atomic E-state index is 0.251. The first-order valence-corrected chi connectivity index (χ1v) is 6.40. The lowest BCUT2D eigenvalue weighted by atomic mass is 10.2. The van der Waals surface area contributed by atoms with E-state index in [1.165, 1.54) is 12.4 Å². The Morgan fingerprint density at radius 3 is 2.67 bits per heavy atom. The molecular weight excluding hydrogens is 294 g/mol. The molecule has 3 aromatic rings. The lowest BCUT2D eigenvalue weighted by Crippen LogP contribution is -2.11. The molecule has 7 heteroatoms. The molecule has 0 fully saturated rings. The van der Waals surface area contributed by atoms with Gasteiger partial charge in [0, 0.05) is 10.6 Å². The van der Waals surface area contributed by atoms with Gasteiger partial charge in [-0.1, -0.05) is 11.6 Å². The smallest absolute Gasteiger partial charge is 0.349 e. The first-order valence-electron chi connectivity index (χ1n) is 6.02. The van der Waals surface area contributed by atoms with Gasteiger partial charge >= 0.3 is 5.69 Å². The van der Waals surface area contributed by atoms with Crippen molar-refractivity contribution in [2.24, 2.45) is 5.10 Å². The second kappa shape index (κ2) is 5.34. The minimum Gasteiger partial charge on any atom is -0.493 e. The van der Waals surface area contributed by atoms with Crippen LogP contribution in [0.1, 0.15) is 5.76 Å². The second-order valence-electron chi connectivity index (χ2n) is 4.24. The van der Waals surface area contributed by atoms with Gasteiger partial charge in [-0.2, -0.15) is 9.78 Å². The van der Waals surface area contributed by atoms with Gasteiger partial charge in [0.05, 0.1) is 12.4 Å². The number of furan rings is 1. The highest BCUT2D eigenvalue weighted by atomic mass is 35.5. The van der Waals surface area contributed by atoms with Crippen LogP contribution in [0.25, 0.3) is 11.3 Å². The van der Waals surface area contributed by atoms with Crippen LogP contribution in [0.4, 0.5) is 0 Å². The lowest BCUT2D eigenvalue weighted by Gasteiger charge is -1.96. The van der Waals surface area contributed by atoms with Crippen LogP contribution in [0.3, 0.4) is 0 Å². The first-order chi connectivity index (χ1) is 10.1. The van der Waals surface area contributed by atoms with Gasteiger partial charge in [-0.05, 0) is 36.4 Å². The highest BCUT2D eigenvalue weighted by Gasteiger charge is 2.04. The number of rotatable bonds is 3. The molecule has 0 bridgehead atoms. The van der Waals surface area contributed by atoms with Gasteiger partial charge in [0.2, 0.25) is 5.88 Å². The molecule has 3 rings (SSSR count). The molecule has 0 saturated carbocycles. The molecule has 0 aliphatic carbocycles. The van der Waals surface area contributed by atoms with Gasteiger partial charge < -0.3 is 9.52 Å². The molecule has 0 amide bonds. The largest absolute Gasteiger partial charge is 0.493 e. The van der Waals surface area contributed by atoms with E-state index in [0.717, 1.165) is 10.2 Å². The number of aromatic nitrogens is 2. The molecule has 0 unspecified atom stereocenters. The standard InChI is InChI=1S/C14H10ClN3O3/c15-10-3-1-9(2-4-10)12-6-5-11(21-12)7-16-18-8-13(19)17-14(18)20/h1-8,19H,(H,17,20). The fourth-order valence-corrected chi connectivity index (χ4v) is 1.90. The van der Waals surface area contributed by atoms with E-state index in [-0.39, 0.29) is 5.88 Å². The molecule has 2 N–H and O–H groups in total. The van der Waals surface area contributed by atoms with Crippen molar-refractivity contribution in [2.45, 2.75) is 0 Å². The third-order valence-electron chi connectivity index (χ3n) is 2.75. The molecule has 2 heterocycles. The van der Waals surface area contributed by atoms with Gasteiger partial charge in [-0.3, -0.25) is 4.98 Å². The van der Waals surface area contributed by atoms with Crippen LogP contribution >= 0.6 is 11.6 Å². The molecule has 0 spiro atoms. The van der Waals surface area contributed by atoms with Gasteiger partial charge in [0.1, 0.15) is 11.5 Å². The van der Waals surface area contributed by atoms with Gasteiger partial charge in [-0.15, -0.1) is 0 Å². The Labute approximate surface area is 123 Å². The number of hydrogen-bond acceptors (Lipinski definition) is 4. The van der Waals surface area contributed by atoms with Crippen LogP contribution in [0, 0.1) is 0 Å². The molecule has 0 atom stereocenters. The molecule has 0 aliphatic rings.